The summed E-state index contributed by atoms with van der Waals surface area (Å²) in [6, 6.07) is 2.25. The number of carbonyl (C=O) groups excluding carboxylic acids is 1. The molecule has 0 bridgehead atoms. The van der Waals surface area contributed by atoms with E-state index in [2.05, 4.69) is 14.9 Å². The van der Waals surface area contributed by atoms with E-state index < -0.39 is 0 Å². The van der Waals surface area contributed by atoms with Crippen LogP contribution < -0.4 is 5.32 Å². The van der Waals surface area contributed by atoms with Gasteiger partial charge in [-0.15, -0.1) is 0 Å². The molecule has 142 valence electrons. The first-order valence-electron chi connectivity index (χ1n) is 9.29. The normalized spacial score (nSPS) is 15.4. The van der Waals surface area contributed by atoms with E-state index in [4.69, 9.17) is 14.5 Å². The van der Waals surface area contributed by atoms with E-state index >= 15 is 0 Å². The molecule has 1 fully saturated rings. The number of carbonyl (C=O) groups is 1. The Morgan fingerprint density at radius 1 is 1.31 bits per heavy atom. The second kappa shape index (κ2) is 8.84. The van der Waals surface area contributed by atoms with Gasteiger partial charge in [-0.3, -0.25) is 4.98 Å². The molecule has 3 rings (SSSR count). The van der Waals surface area contributed by atoms with Crippen molar-refractivity contribution in [2.75, 3.05) is 38.2 Å². The third-order valence-corrected chi connectivity index (χ3v) is 4.57. The molecule has 1 N–H and O–H groups in total. The highest BCUT2D eigenvalue weighted by Gasteiger charge is 2.24. The van der Waals surface area contributed by atoms with Gasteiger partial charge in [0, 0.05) is 38.5 Å². The van der Waals surface area contributed by atoms with E-state index in [0.29, 0.717) is 32.9 Å². The third-order valence-electron chi connectivity index (χ3n) is 4.57. The fourth-order valence-electron chi connectivity index (χ4n) is 3.22. The highest BCUT2D eigenvalue weighted by Crippen LogP contribution is 2.22. The van der Waals surface area contributed by atoms with E-state index in [1.54, 1.807) is 17.3 Å². The molecule has 0 unspecified atom stereocenters. The maximum Gasteiger partial charge on any atom is 0.409 e. The molecule has 26 heavy (non-hydrogen) atoms. The number of hydrogen-bond acceptors (Lipinski definition) is 6. The largest absolute Gasteiger partial charge is 0.450 e. The minimum Gasteiger partial charge on any atom is -0.450 e. The summed E-state index contributed by atoms with van der Waals surface area (Å²) in [4.78, 5) is 22.5. The van der Waals surface area contributed by atoms with Crippen LogP contribution in [0.25, 0.3) is 11.0 Å². The number of anilines is 1. The van der Waals surface area contributed by atoms with Crippen molar-refractivity contribution in [1.29, 1.82) is 0 Å². The van der Waals surface area contributed by atoms with Gasteiger partial charge in [-0.25, -0.2) is 9.78 Å². The Morgan fingerprint density at radius 3 is 2.85 bits per heavy atom. The average Bonchev–Trinajstić information content (AvgIpc) is 3.00. The van der Waals surface area contributed by atoms with Gasteiger partial charge in [0.05, 0.1) is 24.9 Å². The second-order valence-electron chi connectivity index (χ2n) is 6.25. The van der Waals surface area contributed by atoms with Crippen LogP contribution in [0.4, 0.5) is 10.7 Å². The predicted octanol–water partition coefficient (Wildman–Crippen LogP) is 2.50. The first kappa shape index (κ1) is 18.4. The van der Waals surface area contributed by atoms with Crippen molar-refractivity contribution < 1.29 is 14.3 Å². The molecule has 1 amide bonds. The zero-order chi connectivity index (χ0) is 18.4. The van der Waals surface area contributed by atoms with Crippen LogP contribution in [0.5, 0.6) is 0 Å². The van der Waals surface area contributed by atoms with Gasteiger partial charge in [0.25, 0.3) is 0 Å². The van der Waals surface area contributed by atoms with E-state index in [0.717, 1.165) is 36.4 Å². The van der Waals surface area contributed by atoms with Crippen molar-refractivity contribution in [1.82, 2.24) is 19.4 Å². The summed E-state index contributed by atoms with van der Waals surface area (Å²) in [5, 5.41) is 3.55. The van der Waals surface area contributed by atoms with Crippen LogP contribution in [0.15, 0.2) is 18.5 Å². The number of pyridine rings is 1. The number of nitrogens with one attached hydrogen (secondary N) is 1. The summed E-state index contributed by atoms with van der Waals surface area (Å²) in [6.45, 7) is 7.69. The predicted molar refractivity (Wildman–Crippen MR) is 99.3 cm³/mol. The number of amides is 1. The fraction of sp³-hybridized carbons (Fsp3) is 0.611. The number of hydrogen-bond donors (Lipinski definition) is 1. The summed E-state index contributed by atoms with van der Waals surface area (Å²) < 4.78 is 12.7. The average molecular weight is 361 g/mol. The quantitative estimate of drug-likeness (QED) is 0.763. The first-order chi connectivity index (χ1) is 12.7. The molecule has 1 saturated heterocycles. The number of piperidine rings is 1. The summed E-state index contributed by atoms with van der Waals surface area (Å²) in [5.74, 6) is 0.835. The van der Waals surface area contributed by atoms with Crippen LogP contribution in [-0.4, -0.2) is 64.5 Å². The lowest BCUT2D eigenvalue weighted by Gasteiger charge is -2.31. The molecule has 2 aromatic rings. The highest BCUT2D eigenvalue weighted by molar-refractivity contribution is 5.77. The topological polar surface area (TPSA) is 81.5 Å². The Kier molecular flexibility index (Phi) is 6.27. The van der Waals surface area contributed by atoms with Crippen molar-refractivity contribution in [3.05, 3.63) is 18.5 Å². The Morgan fingerprint density at radius 2 is 2.12 bits per heavy atom. The van der Waals surface area contributed by atoms with Crippen molar-refractivity contribution >= 4 is 23.1 Å². The number of fused-ring (bicyclic) bond motifs is 1. The maximum atomic E-state index is 11.8. The molecule has 1 aliphatic rings. The highest BCUT2D eigenvalue weighted by atomic mass is 16.6. The summed E-state index contributed by atoms with van der Waals surface area (Å²) in [6.07, 6.45) is 5.07. The Balaban J connectivity index is 1.67. The number of likely N-dealkylation sites (tertiary alicyclic amines) is 1. The van der Waals surface area contributed by atoms with Crippen molar-refractivity contribution in [2.45, 2.75) is 39.3 Å². The van der Waals surface area contributed by atoms with Crippen LogP contribution in [0, 0.1) is 0 Å². The molecule has 0 aromatic carbocycles. The van der Waals surface area contributed by atoms with Crippen LogP contribution in [0.2, 0.25) is 0 Å². The van der Waals surface area contributed by atoms with Gasteiger partial charge in [-0.1, -0.05) is 0 Å². The molecule has 1 aliphatic heterocycles. The van der Waals surface area contributed by atoms with Gasteiger partial charge in [0.2, 0.25) is 5.95 Å². The lowest BCUT2D eigenvalue weighted by Crippen LogP contribution is -2.43. The maximum absolute atomic E-state index is 11.8. The minimum absolute atomic E-state index is 0.221. The number of nitrogens with zero attached hydrogens (tertiary/aromatic N) is 4. The zero-order valence-corrected chi connectivity index (χ0v) is 15.5. The van der Waals surface area contributed by atoms with Crippen molar-refractivity contribution in [3.8, 4) is 0 Å². The number of ether oxygens (including phenoxy) is 2. The Labute approximate surface area is 153 Å². The van der Waals surface area contributed by atoms with E-state index in [9.17, 15) is 4.79 Å². The fourth-order valence-corrected chi connectivity index (χ4v) is 3.22. The van der Waals surface area contributed by atoms with Crippen LogP contribution >= 0.6 is 0 Å². The SMILES string of the molecule is CCOCCn1c(NC2CCN(C(=O)OCC)CC2)nc2cnccc21. The Bertz CT molecular complexity index is 725. The molecule has 8 heteroatoms. The Hall–Kier alpha value is -2.35. The molecule has 3 heterocycles. The van der Waals surface area contributed by atoms with E-state index in [1.807, 2.05) is 19.9 Å². The molecule has 0 spiro atoms. The molecule has 2 aromatic heterocycles. The van der Waals surface area contributed by atoms with Gasteiger partial charge in [0.1, 0.15) is 5.52 Å². The lowest BCUT2D eigenvalue weighted by molar-refractivity contribution is 0.0982. The van der Waals surface area contributed by atoms with Gasteiger partial charge in [-0.2, -0.15) is 0 Å². The minimum atomic E-state index is -0.221. The van der Waals surface area contributed by atoms with Crippen molar-refractivity contribution in [2.24, 2.45) is 0 Å². The third kappa shape index (κ3) is 4.24. The first-order valence-corrected chi connectivity index (χ1v) is 9.29. The molecular formula is C18H27N5O3. The van der Waals surface area contributed by atoms with Crippen LogP contribution in [-0.2, 0) is 16.0 Å². The second-order valence-corrected chi connectivity index (χ2v) is 6.25. The van der Waals surface area contributed by atoms with E-state index in [-0.39, 0.29) is 12.1 Å². The van der Waals surface area contributed by atoms with Crippen LogP contribution in [0.3, 0.4) is 0 Å². The summed E-state index contributed by atoms with van der Waals surface area (Å²) in [5.41, 5.74) is 1.92. The number of rotatable bonds is 7. The standard InChI is InChI=1S/C18H27N5O3/c1-3-25-12-11-23-16-5-8-19-13-15(16)21-17(23)20-14-6-9-22(10-7-14)18(24)26-4-2/h5,8,13-14H,3-4,6-7,9-12H2,1-2H3,(H,20,21). The molecule has 8 nitrogen and oxygen atoms in total. The van der Waals surface area contributed by atoms with Gasteiger partial charge in [0.15, 0.2) is 0 Å². The van der Waals surface area contributed by atoms with Gasteiger partial charge >= 0.3 is 6.09 Å². The molecular weight excluding hydrogens is 334 g/mol. The van der Waals surface area contributed by atoms with Crippen molar-refractivity contribution in [3.63, 3.8) is 0 Å². The number of imidazole rings is 1. The lowest BCUT2D eigenvalue weighted by atomic mass is 10.1. The molecule has 0 saturated carbocycles. The molecule has 0 aliphatic carbocycles. The smallest absolute Gasteiger partial charge is 0.409 e. The monoisotopic (exact) mass is 361 g/mol. The van der Waals surface area contributed by atoms with Crippen LogP contribution in [0.1, 0.15) is 26.7 Å². The zero-order valence-electron chi connectivity index (χ0n) is 15.5. The molecule has 0 atom stereocenters. The summed E-state index contributed by atoms with van der Waals surface area (Å²) >= 11 is 0. The van der Waals surface area contributed by atoms with Gasteiger partial charge in [-0.05, 0) is 32.8 Å². The molecule has 0 radical (unpaired) electrons. The number of aromatic nitrogens is 3. The summed E-state index contributed by atoms with van der Waals surface area (Å²) in [7, 11) is 0. The van der Waals surface area contributed by atoms with E-state index in [1.165, 1.54) is 0 Å². The van der Waals surface area contributed by atoms with Gasteiger partial charge < -0.3 is 24.3 Å².